The molecule has 0 saturated carbocycles. The van der Waals surface area contributed by atoms with Crippen molar-refractivity contribution in [3.8, 4) is 11.8 Å². The summed E-state index contributed by atoms with van der Waals surface area (Å²) in [5.74, 6) is 6.02. The third kappa shape index (κ3) is 7.39. The highest BCUT2D eigenvalue weighted by atomic mass is 35.5. The molecule has 9 heteroatoms. The summed E-state index contributed by atoms with van der Waals surface area (Å²) in [4.78, 5) is 0.522. The first kappa shape index (κ1) is 25.4. The maximum atomic E-state index is 13.1. The Labute approximate surface area is 209 Å². The highest BCUT2D eigenvalue weighted by molar-refractivity contribution is 7.99. The number of halogens is 1. The first-order valence-electron chi connectivity index (χ1n) is 10.2. The Morgan fingerprint density at radius 3 is 2.41 bits per heavy atom. The van der Waals surface area contributed by atoms with Gasteiger partial charge in [0.2, 0.25) is 5.96 Å². The van der Waals surface area contributed by atoms with Crippen LogP contribution in [0.25, 0.3) is 0 Å². The summed E-state index contributed by atoms with van der Waals surface area (Å²) in [6.45, 7) is 3.41. The van der Waals surface area contributed by atoms with Crippen LogP contribution in [0.1, 0.15) is 23.6 Å². The molecule has 0 spiro atoms. The molecule has 3 N–H and O–H groups in total. The number of guanidine groups is 1. The Morgan fingerprint density at radius 2 is 1.74 bits per heavy atom. The van der Waals surface area contributed by atoms with Crippen LogP contribution in [0.4, 0.5) is 0 Å². The lowest BCUT2D eigenvalue weighted by atomic mass is 10.2. The van der Waals surface area contributed by atoms with Gasteiger partial charge in [0.25, 0.3) is 10.0 Å². The lowest BCUT2D eigenvalue weighted by Crippen LogP contribution is -2.29. The van der Waals surface area contributed by atoms with E-state index in [0.29, 0.717) is 26.9 Å². The number of rotatable bonds is 6. The van der Waals surface area contributed by atoms with E-state index >= 15 is 0 Å². The number of aryl methyl sites for hydroxylation is 1. The molecule has 0 fully saturated rings. The molecule has 0 amide bonds. The normalized spacial score (nSPS) is 12.1. The molecule has 174 valence electrons. The summed E-state index contributed by atoms with van der Waals surface area (Å²) in [7, 11) is -4.12. The highest BCUT2D eigenvalue weighted by Gasteiger charge is 2.21. The second-order valence-corrected chi connectivity index (χ2v) is 10.2. The molecule has 0 aromatic heterocycles. The molecular formula is C25H23ClN4O2S2. The van der Waals surface area contributed by atoms with E-state index in [4.69, 9.17) is 17.3 Å². The predicted octanol–water partition coefficient (Wildman–Crippen LogP) is 4.96. The molecule has 0 atom stereocenters. The molecule has 0 aliphatic carbocycles. The molecule has 0 unspecified atom stereocenters. The van der Waals surface area contributed by atoms with Gasteiger partial charge < -0.3 is 5.73 Å². The van der Waals surface area contributed by atoms with Crippen LogP contribution in [-0.4, -0.2) is 20.1 Å². The predicted molar refractivity (Wildman–Crippen MR) is 141 cm³/mol. The topological polar surface area (TPSA) is 96.9 Å². The summed E-state index contributed by atoms with van der Waals surface area (Å²) in [6.07, 6.45) is 0. The first-order chi connectivity index (χ1) is 16.2. The third-order valence-electron chi connectivity index (χ3n) is 4.46. The van der Waals surface area contributed by atoms with Crippen molar-refractivity contribution in [2.24, 2.45) is 15.2 Å². The van der Waals surface area contributed by atoms with Crippen LogP contribution in [0.5, 0.6) is 0 Å². The zero-order chi connectivity index (χ0) is 24.6. The van der Waals surface area contributed by atoms with Crippen LogP contribution in [0.15, 0.2) is 92.1 Å². The number of sulfonamides is 1. The summed E-state index contributed by atoms with van der Waals surface area (Å²) in [5.41, 5.74) is 11.2. The first-order valence-corrected chi connectivity index (χ1v) is 13.0. The lowest BCUT2D eigenvalue weighted by molar-refractivity contribution is 0.595. The molecule has 3 rings (SSSR count). The molecule has 0 aliphatic rings. The molecule has 34 heavy (non-hydrogen) atoms. The molecule has 0 radical (unpaired) electrons. The smallest absolute Gasteiger partial charge is 0.286 e. The van der Waals surface area contributed by atoms with Gasteiger partial charge in [-0.1, -0.05) is 66.1 Å². The second-order valence-electron chi connectivity index (χ2n) is 7.20. The Balaban J connectivity index is 1.80. The third-order valence-corrected chi connectivity index (χ3v) is 7.45. The molecule has 3 aromatic carbocycles. The average molecular weight is 511 g/mol. The number of hydrogen-bond donors (Lipinski definition) is 2. The number of nitrogens with one attached hydrogen (secondary N) is 1. The van der Waals surface area contributed by atoms with Crippen molar-refractivity contribution in [3.63, 3.8) is 0 Å². The molecule has 0 saturated heterocycles. The number of thioether (sulfide) groups is 1. The Hall–Kier alpha value is -3.25. The van der Waals surface area contributed by atoms with Crippen molar-refractivity contribution in [2.75, 3.05) is 0 Å². The number of nitrogens with two attached hydrogens (primary N) is 1. The molecule has 3 aromatic rings. The number of hydrazone groups is 1. The zero-order valence-corrected chi connectivity index (χ0v) is 21.0. The van der Waals surface area contributed by atoms with Crippen molar-refractivity contribution in [2.45, 2.75) is 29.4 Å². The van der Waals surface area contributed by atoms with Crippen LogP contribution < -0.4 is 11.2 Å². The molecule has 0 aliphatic heterocycles. The van der Waals surface area contributed by atoms with Gasteiger partial charge in [-0.25, -0.2) is 5.43 Å². The largest absolute Gasteiger partial charge is 0.368 e. The SMILES string of the molecule is C/C(C#Cc1ccccc1)=N\NC(N)=NS(=O)(=O)c1cc(C)c(Cl)cc1SCc1ccccc1. The van der Waals surface area contributed by atoms with Gasteiger partial charge in [0, 0.05) is 21.2 Å². The van der Waals surface area contributed by atoms with Gasteiger partial charge in [0.05, 0.1) is 0 Å². The quantitative estimate of drug-likeness (QED) is 0.160. The fraction of sp³-hybridized carbons (Fsp3) is 0.120. The fourth-order valence-corrected chi connectivity index (χ4v) is 5.41. The number of hydrogen-bond acceptors (Lipinski definition) is 4. The second kappa shape index (κ2) is 11.7. The van der Waals surface area contributed by atoms with Gasteiger partial charge in [-0.3, -0.25) is 0 Å². The van der Waals surface area contributed by atoms with Crippen molar-refractivity contribution < 1.29 is 8.42 Å². The van der Waals surface area contributed by atoms with Gasteiger partial charge in [-0.2, -0.15) is 13.5 Å². The van der Waals surface area contributed by atoms with E-state index in [0.717, 1.165) is 11.1 Å². The molecular weight excluding hydrogens is 488 g/mol. The van der Waals surface area contributed by atoms with Crippen LogP contribution in [0.2, 0.25) is 5.02 Å². The number of nitrogens with zero attached hydrogens (tertiary/aromatic N) is 2. The summed E-state index contributed by atoms with van der Waals surface area (Å²) < 4.78 is 29.8. The number of benzene rings is 3. The maximum Gasteiger partial charge on any atom is 0.286 e. The fourth-order valence-electron chi connectivity index (χ4n) is 2.74. The van der Waals surface area contributed by atoms with Crippen LogP contribution in [0, 0.1) is 18.8 Å². The van der Waals surface area contributed by atoms with Crippen molar-refractivity contribution in [1.29, 1.82) is 0 Å². The van der Waals surface area contributed by atoms with Crippen molar-refractivity contribution in [1.82, 2.24) is 5.43 Å². The van der Waals surface area contributed by atoms with Crippen LogP contribution >= 0.6 is 23.4 Å². The maximum absolute atomic E-state index is 13.1. The van der Waals surface area contributed by atoms with Gasteiger partial charge in [-0.15, -0.1) is 16.2 Å². The van der Waals surface area contributed by atoms with E-state index in [2.05, 4.69) is 26.8 Å². The van der Waals surface area contributed by atoms with E-state index < -0.39 is 10.0 Å². The van der Waals surface area contributed by atoms with E-state index in [1.807, 2.05) is 60.7 Å². The average Bonchev–Trinajstić information content (AvgIpc) is 2.83. The zero-order valence-electron chi connectivity index (χ0n) is 18.6. The minimum atomic E-state index is -4.12. The van der Waals surface area contributed by atoms with Gasteiger partial charge in [-0.05, 0) is 55.2 Å². The van der Waals surface area contributed by atoms with E-state index in [1.165, 1.54) is 17.8 Å². The van der Waals surface area contributed by atoms with Crippen molar-refractivity contribution >= 4 is 45.1 Å². The Morgan fingerprint density at radius 1 is 1.09 bits per heavy atom. The lowest BCUT2D eigenvalue weighted by Gasteiger charge is -2.11. The van der Waals surface area contributed by atoms with Crippen LogP contribution in [0.3, 0.4) is 0 Å². The standard InChI is InChI=1S/C25H23ClN4O2S2/c1-18-15-24(23(16-22(18)26)33-17-21-11-7-4-8-12-21)34(31,32)30-25(27)29-28-19(2)13-14-20-9-5-3-6-10-20/h3-12,15-16H,17H2,1-2H3,(H3,27,29,30)/b28-19+. The molecule has 6 nitrogen and oxygen atoms in total. The monoisotopic (exact) mass is 510 g/mol. The van der Waals surface area contributed by atoms with Gasteiger partial charge >= 0.3 is 0 Å². The molecule has 0 bridgehead atoms. The minimum Gasteiger partial charge on any atom is -0.368 e. The van der Waals surface area contributed by atoms with E-state index in [1.54, 1.807) is 19.9 Å². The van der Waals surface area contributed by atoms with E-state index in [-0.39, 0.29) is 10.9 Å². The Bertz CT molecular complexity index is 1380. The Kier molecular flexibility index (Phi) is 8.77. The minimum absolute atomic E-state index is 0.0321. The molecule has 0 heterocycles. The highest BCUT2D eigenvalue weighted by Crippen LogP contribution is 2.34. The van der Waals surface area contributed by atoms with Gasteiger partial charge in [0.1, 0.15) is 10.6 Å². The van der Waals surface area contributed by atoms with E-state index in [9.17, 15) is 8.42 Å². The summed E-state index contributed by atoms with van der Waals surface area (Å²) in [6, 6.07) is 22.3. The van der Waals surface area contributed by atoms with Crippen LogP contribution in [-0.2, 0) is 15.8 Å². The summed E-state index contributed by atoms with van der Waals surface area (Å²) >= 11 is 7.63. The summed E-state index contributed by atoms with van der Waals surface area (Å²) in [5, 5.41) is 4.47. The van der Waals surface area contributed by atoms with Gasteiger partial charge in [0.15, 0.2) is 0 Å². The van der Waals surface area contributed by atoms with Crippen molar-refractivity contribution in [3.05, 3.63) is 94.5 Å².